The molecule has 2 aromatic carbocycles. The molecule has 0 aliphatic carbocycles. The van der Waals surface area contributed by atoms with Crippen molar-refractivity contribution in [1.29, 1.82) is 0 Å². The van der Waals surface area contributed by atoms with E-state index in [0.29, 0.717) is 18.0 Å². The summed E-state index contributed by atoms with van der Waals surface area (Å²) < 4.78 is 2.02. The van der Waals surface area contributed by atoms with Crippen LogP contribution < -0.4 is 5.32 Å². The molecule has 0 fully saturated rings. The third-order valence-electron chi connectivity index (χ3n) is 3.81. The van der Waals surface area contributed by atoms with Crippen LogP contribution in [-0.2, 0) is 17.8 Å². The van der Waals surface area contributed by atoms with Crippen molar-refractivity contribution in [2.24, 2.45) is 0 Å². The van der Waals surface area contributed by atoms with Crippen molar-refractivity contribution in [1.82, 2.24) is 14.9 Å². The number of imidazole rings is 1. The number of aryl methyl sites for hydroxylation is 1. The normalized spacial score (nSPS) is 10.6. The Labute approximate surface area is 146 Å². The van der Waals surface area contributed by atoms with Crippen LogP contribution in [0.5, 0.6) is 0 Å². The fourth-order valence-electron chi connectivity index (χ4n) is 2.48. The van der Waals surface area contributed by atoms with Crippen LogP contribution in [0.3, 0.4) is 0 Å². The minimum atomic E-state index is -0.00754. The Kier molecular flexibility index (Phi) is 4.96. The molecule has 0 unspecified atom stereocenters. The first-order valence-electron chi connectivity index (χ1n) is 7.72. The van der Waals surface area contributed by atoms with E-state index in [4.69, 9.17) is 11.6 Å². The molecule has 24 heavy (non-hydrogen) atoms. The van der Waals surface area contributed by atoms with Gasteiger partial charge < -0.3 is 9.88 Å². The van der Waals surface area contributed by atoms with Crippen LogP contribution in [-0.4, -0.2) is 15.5 Å². The molecular weight excluding hydrogens is 322 g/mol. The number of rotatable bonds is 5. The zero-order valence-electron chi connectivity index (χ0n) is 13.4. The van der Waals surface area contributed by atoms with Gasteiger partial charge in [0, 0.05) is 29.6 Å². The van der Waals surface area contributed by atoms with Crippen LogP contribution in [0.4, 0.5) is 0 Å². The van der Waals surface area contributed by atoms with Crippen molar-refractivity contribution < 1.29 is 4.79 Å². The summed E-state index contributed by atoms with van der Waals surface area (Å²) in [5, 5.41) is 3.61. The quantitative estimate of drug-likeness (QED) is 0.770. The van der Waals surface area contributed by atoms with Gasteiger partial charge in [0.15, 0.2) is 0 Å². The minimum absolute atomic E-state index is 0.00754. The van der Waals surface area contributed by atoms with E-state index in [2.05, 4.69) is 10.3 Å². The van der Waals surface area contributed by atoms with Gasteiger partial charge in [-0.05, 0) is 42.3 Å². The fourth-order valence-corrected chi connectivity index (χ4v) is 2.60. The van der Waals surface area contributed by atoms with Gasteiger partial charge >= 0.3 is 0 Å². The van der Waals surface area contributed by atoms with E-state index in [9.17, 15) is 4.79 Å². The lowest BCUT2D eigenvalue weighted by Gasteiger charge is -2.08. The zero-order valence-corrected chi connectivity index (χ0v) is 14.1. The Morgan fingerprint density at radius 2 is 1.75 bits per heavy atom. The lowest BCUT2D eigenvalue weighted by atomic mass is 10.1. The molecule has 0 bridgehead atoms. The Bertz CT molecular complexity index is 823. The second-order valence-electron chi connectivity index (χ2n) is 5.59. The fraction of sp³-hybridized carbons (Fsp3) is 0.158. The van der Waals surface area contributed by atoms with Crippen molar-refractivity contribution in [3.8, 4) is 5.69 Å². The van der Waals surface area contributed by atoms with Gasteiger partial charge in [-0.3, -0.25) is 4.79 Å². The molecular formula is C19H18ClN3O. The molecule has 0 radical (unpaired) electrons. The number of aromatic nitrogens is 2. The number of nitrogens with zero attached hydrogens (tertiary/aromatic N) is 2. The summed E-state index contributed by atoms with van der Waals surface area (Å²) in [4.78, 5) is 16.2. The Morgan fingerprint density at radius 1 is 1.08 bits per heavy atom. The van der Waals surface area contributed by atoms with E-state index < -0.39 is 0 Å². The number of benzene rings is 2. The summed E-state index contributed by atoms with van der Waals surface area (Å²) in [6.45, 7) is 2.47. The maximum Gasteiger partial charge on any atom is 0.224 e. The first-order valence-corrected chi connectivity index (χ1v) is 8.10. The standard InChI is InChI=1S/C19H18ClN3O/c1-14-21-10-11-23(14)18-8-4-16(5-9-18)13-22-19(24)12-15-2-6-17(20)7-3-15/h2-11H,12-13H2,1H3,(H,22,24). The second kappa shape index (κ2) is 7.32. The van der Waals surface area contributed by atoms with E-state index in [1.165, 1.54) is 0 Å². The molecule has 0 aliphatic rings. The molecule has 0 aliphatic heterocycles. The molecule has 0 spiro atoms. The highest BCUT2D eigenvalue weighted by molar-refractivity contribution is 6.30. The molecule has 4 nitrogen and oxygen atoms in total. The van der Waals surface area contributed by atoms with Gasteiger partial charge in [0.2, 0.25) is 5.91 Å². The van der Waals surface area contributed by atoms with Crippen LogP contribution >= 0.6 is 11.6 Å². The van der Waals surface area contributed by atoms with E-state index >= 15 is 0 Å². The number of carbonyl (C=O) groups is 1. The molecule has 1 amide bonds. The molecule has 1 N–H and O–H groups in total. The topological polar surface area (TPSA) is 46.9 Å². The van der Waals surface area contributed by atoms with E-state index in [-0.39, 0.29) is 5.91 Å². The lowest BCUT2D eigenvalue weighted by Crippen LogP contribution is -2.24. The van der Waals surface area contributed by atoms with Crippen LogP contribution in [0.1, 0.15) is 17.0 Å². The average Bonchev–Trinajstić information content (AvgIpc) is 3.02. The van der Waals surface area contributed by atoms with Gasteiger partial charge in [-0.1, -0.05) is 35.9 Å². The highest BCUT2D eigenvalue weighted by atomic mass is 35.5. The molecule has 0 saturated heterocycles. The number of hydrogen-bond acceptors (Lipinski definition) is 2. The Balaban J connectivity index is 1.55. The number of carbonyl (C=O) groups excluding carboxylic acids is 1. The Hall–Kier alpha value is -2.59. The summed E-state index contributed by atoms with van der Waals surface area (Å²) >= 11 is 5.84. The smallest absolute Gasteiger partial charge is 0.224 e. The van der Waals surface area contributed by atoms with Crippen LogP contribution in [0.15, 0.2) is 60.9 Å². The number of hydrogen-bond donors (Lipinski definition) is 1. The molecule has 5 heteroatoms. The van der Waals surface area contributed by atoms with Gasteiger partial charge in [0.25, 0.3) is 0 Å². The third kappa shape index (κ3) is 4.03. The maximum atomic E-state index is 12.0. The third-order valence-corrected chi connectivity index (χ3v) is 4.06. The molecule has 1 heterocycles. The summed E-state index contributed by atoms with van der Waals surface area (Å²) in [6.07, 6.45) is 4.06. The molecule has 3 rings (SSSR count). The van der Waals surface area contributed by atoms with Crippen molar-refractivity contribution in [2.75, 3.05) is 0 Å². The van der Waals surface area contributed by atoms with Gasteiger partial charge in [0.1, 0.15) is 5.82 Å². The number of halogens is 1. The monoisotopic (exact) mass is 339 g/mol. The van der Waals surface area contributed by atoms with Gasteiger partial charge in [-0.15, -0.1) is 0 Å². The predicted octanol–water partition coefficient (Wildman–Crippen LogP) is 3.69. The zero-order chi connectivity index (χ0) is 16.9. The van der Waals surface area contributed by atoms with E-state index in [1.54, 1.807) is 18.3 Å². The summed E-state index contributed by atoms with van der Waals surface area (Å²) in [6, 6.07) is 15.4. The summed E-state index contributed by atoms with van der Waals surface area (Å²) in [5.41, 5.74) is 3.06. The van der Waals surface area contributed by atoms with Crippen molar-refractivity contribution in [3.05, 3.63) is 82.9 Å². The SMILES string of the molecule is Cc1nccn1-c1ccc(CNC(=O)Cc2ccc(Cl)cc2)cc1. The number of amides is 1. The second-order valence-corrected chi connectivity index (χ2v) is 6.03. The van der Waals surface area contributed by atoms with Crippen molar-refractivity contribution in [3.63, 3.8) is 0 Å². The highest BCUT2D eigenvalue weighted by Gasteiger charge is 2.04. The first kappa shape index (κ1) is 16.3. The molecule has 0 saturated carbocycles. The van der Waals surface area contributed by atoms with Crippen LogP contribution in [0.2, 0.25) is 5.02 Å². The van der Waals surface area contributed by atoms with Gasteiger partial charge in [-0.2, -0.15) is 0 Å². The predicted molar refractivity (Wildman–Crippen MR) is 95.3 cm³/mol. The minimum Gasteiger partial charge on any atom is -0.352 e. The van der Waals surface area contributed by atoms with Gasteiger partial charge in [0.05, 0.1) is 6.42 Å². The maximum absolute atomic E-state index is 12.0. The van der Waals surface area contributed by atoms with E-state index in [1.807, 2.05) is 54.1 Å². The first-order chi connectivity index (χ1) is 11.6. The summed E-state index contributed by atoms with van der Waals surface area (Å²) in [7, 11) is 0. The highest BCUT2D eigenvalue weighted by Crippen LogP contribution is 2.12. The summed E-state index contributed by atoms with van der Waals surface area (Å²) in [5.74, 6) is 0.936. The van der Waals surface area contributed by atoms with Crippen molar-refractivity contribution in [2.45, 2.75) is 19.9 Å². The molecule has 3 aromatic rings. The molecule has 1 aromatic heterocycles. The van der Waals surface area contributed by atoms with Crippen LogP contribution in [0, 0.1) is 6.92 Å². The largest absolute Gasteiger partial charge is 0.352 e. The molecule has 122 valence electrons. The average molecular weight is 340 g/mol. The van der Waals surface area contributed by atoms with E-state index in [0.717, 1.165) is 22.6 Å². The lowest BCUT2D eigenvalue weighted by molar-refractivity contribution is -0.120. The Morgan fingerprint density at radius 3 is 2.38 bits per heavy atom. The molecule has 0 atom stereocenters. The van der Waals surface area contributed by atoms with Gasteiger partial charge in [-0.25, -0.2) is 4.98 Å². The van der Waals surface area contributed by atoms with Crippen molar-refractivity contribution >= 4 is 17.5 Å². The van der Waals surface area contributed by atoms with Crippen LogP contribution in [0.25, 0.3) is 5.69 Å². The number of nitrogens with one attached hydrogen (secondary N) is 1.